The highest BCUT2D eigenvalue weighted by atomic mass is 16.3. The number of aliphatic hydroxyl groups is 1. The number of aliphatic hydroxyl groups excluding tert-OH is 1. The second-order valence-electron chi connectivity index (χ2n) is 6.38. The van der Waals surface area contributed by atoms with Crippen LogP contribution >= 0.6 is 0 Å². The summed E-state index contributed by atoms with van der Waals surface area (Å²) in [5.41, 5.74) is 6.05. The van der Waals surface area contributed by atoms with E-state index in [1.807, 2.05) is 0 Å². The Morgan fingerprint density at radius 1 is 1.00 bits per heavy atom. The average molecular weight is 239 g/mol. The summed E-state index contributed by atoms with van der Waals surface area (Å²) >= 11 is 0. The Labute approximate surface area is 106 Å². The normalized spacial score (nSPS) is 27.9. The molecule has 2 aliphatic rings. The van der Waals surface area contributed by atoms with Gasteiger partial charge in [-0.1, -0.05) is 51.4 Å². The summed E-state index contributed by atoms with van der Waals surface area (Å²) in [4.78, 5) is 0. The molecule has 0 amide bonds. The topological polar surface area (TPSA) is 46.2 Å². The van der Waals surface area contributed by atoms with Crippen LogP contribution in [0, 0.1) is 11.3 Å². The van der Waals surface area contributed by atoms with E-state index in [1.165, 1.54) is 51.4 Å². The van der Waals surface area contributed by atoms with E-state index >= 15 is 0 Å². The minimum atomic E-state index is -0.143. The van der Waals surface area contributed by atoms with Crippen molar-refractivity contribution in [3.63, 3.8) is 0 Å². The molecule has 2 heteroatoms. The first-order chi connectivity index (χ1) is 8.27. The number of rotatable bonds is 4. The third-order valence-corrected chi connectivity index (χ3v) is 5.24. The highest BCUT2D eigenvalue weighted by Crippen LogP contribution is 2.41. The van der Waals surface area contributed by atoms with Crippen LogP contribution in [0.5, 0.6) is 0 Å². The fraction of sp³-hybridized carbons (Fsp3) is 1.00. The molecule has 2 rings (SSSR count). The first-order valence-corrected chi connectivity index (χ1v) is 7.65. The highest BCUT2D eigenvalue weighted by molar-refractivity contribution is 4.91. The van der Waals surface area contributed by atoms with E-state index in [0.29, 0.717) is 6.54 Å². The molecule has 1 unspecified atom stereocenters. The molecule has 2 fully saturated rings. The molecule has 0 aliphatic heterocycles. The first-order valence-electron chi connectivity index (χ1n) is 7.65. The third-order valence-electron chi connectivity index (χ3n) is 5.24. The molecule has 0 aromatic carbocycles. The predicted molar refractivity (Wildman–Crippen MR) is 71.8 cm³/mol. The van der Waals surface area contributed by atoms with Crippen LogP contribution in [0.2, 0.25) is 0 Å². The average Bonchev–Trinajstić information content (AvgIpc) is 2.40. The summed E-state index contributed by atoms with van der Waals surface area (Å²) < 4.78 is 0. The molecule has 3 N–H and O–H groups in total. The molecule has 0 aromatic rings. The minimum Gasteiger partial charge on any atom is -0.392 e. The Morgan fingerprint density at radius 3 is 2.18 bits per heavy atom. The molecule has 1 atom stereocenters. The van der Waals surface area contributed by atoms with Crippen LogP contribution in [-0.4, -0.2) is 17.8 Å². The maximum absolute atomic E-state index is 10.6. The Balaban J connectivity index is 1.89. The number of hydrogen-bond donors (Lipinski definition) is 2. The van der Waals surface area contributed by atoms with Gasteiger partial charge in [0, 0.05) is 12.0 Å². The van der Waals surface area contributed by atoms with E-state index in [9.17, 15) is 5.11 Å². The third kappa shape index (κ3) is 3.23. The molecule has 100 valence electrons. The largest absolute Gasteiger partial charge is 0.392 e. The van der Waals surface area contributed by atoms with Gasteiger partial charge in [-0.25, -0.2) is 0 Å². The Hall–Kier alpha value is -0.0800. The number of nitrogens with two attached hydrogens (primary N) is 1. The van der Waals surface area contributed by atoms with Crippen LogP contribution in [0.3, 0.4) is 0 Å². The summed E-state index contributed by atoms with van der Waals surface area (Å²) in [5, 5.41) is 10.6. The van der Waals surface area contributed by atoms with E-state index in [-0.39, 0.29) is 11.5 Å². The number of hydrogen-bond acceptors (Lipinski definition) is 2. The van der Waals surface area contributed by atoms with Crippen molar-refractivity contribution in [3.8, 4) is 0 Å². The van der Waals surface area contributed by atoms with Crippen molar-refractivity contribution in [2.75, 3.05) is 6.54 Å². The lowest BCUT2D eigenvalue weighted by molar-refractivity contribution is -0.0162. The molecule has 0 saturated heterocycles. The Bertz CT molecular complexity index is 217. The quantitative estimate of drug-likeness (QED) is 0.791. The molecule has 0 aromatic heterocycles. The molecular formula is C15H29NO. The van der Waals surface area contributed by atoms with Gasteiger partial charge in [0.2, 0.25) is 0 Å². The molecule has 2 nitrogen and oxygen atoms in total. The molecule has 0 heterocycles. The smallest absolute Gasteiger partial charge is 0.0611 e. The molecular weight excluding hydrogens is 210 g/mol. The SMILES string of the molecule is NCC1(C(O)CC2CCCCC2)CCCCC1. The van der Waals surface area contributed by atoms with Crippen LogP contribution in [0.1, 0.15) is 70.6 Å². The molecule has 17 heavy (non-hydrogen) atoms. The molecule has 0 spiro atoms. The monoisotopic (exact) mass is 239 g/mol. The summed E-state index contributed by atoms with van der Waals surface area (Å²) in [5.74, 6) is 0.768. The zero-order valence-corrected chi connectivity index (χ0v) is 11.2. The van der Waals surface area contributed by atoms with Crippen molar-refractivity contribution < 1.29 is 5.11 Å². The van der Waals surface area contributed by atoms with Gasteiger partial charge in [0.05, 0.1) is 6.10 Å². The molecule has 0 radical (unpaired) electrons. The predicted octanol–water partition coefficient (Wildman–Crippen LogP) is 3.23. The van der Waals surface area contributed by atoms with Gasteiger partial charge < -0.3 is 10.8 Å². The van der Waals surface area contributed by atoms with Gasteiger partial charge in [0.15, 0.2) is 0 Å². The zero-order valence-electron chi connectivity index (χ0n) is 11.2. The Kier molecular flexibility index (Phi) is 4.87. The lowest BCUT2D eigenvalue weighted by Crippen LogP contribution is -2.44. The van der Waals surface area contributed by atoms with Crippen molar-refractivity contribution in [3.05, 3.63) is 0 Å². The fourth-order valence-electron chi connectivity index (χ4n) is 3.92. The highest BCUT2D eigenvalue weighted by Gasteiger charge is 2.38. The minimum absolute atomic E-state index is 0.0652. The van der Waals surface area contributed by atoms with Crippen molar-refractivity contribution >= 4 is 0 Å². The van der Waals surface area contributed by atoms with Crippen LogP contribution < -0.4 is 5.73 Å². The second kappa shape index (κ2) is 6.19. The lowest BCUT2D eigenvalue weighted by Gasteiger charge is -2.42. The second-order valence-corrected chi connectivity index (χ2v) is 6.38. The molecule has 0 bridgehead atoms. The van der Waals surface area contributed by atoms with Crippen molar-refractivity contribution in [2.45, 2.75) is 76.7 Å². The van der Waals surface area contributed by atoms with Gasteiger partial charge in [-0.3, -0.25) is 0 Å². The standard InChI is InChI=1S/C15H29NO/c16-12-15(9-5-2-6-10-15)14(17)11-13-7-3-1-4-8-13/h13-14,17H,1-12,16H2. The summed E-state index contributed by atoms with van der Waals surface area (Å²) in [6, 6.07) is 0. The van der Waals surface area contributed by atoms with Gasteiger partial charge in [0.1, 0.15) is 0 Å². The van der Waals surface area contributed by atoms with Crippen molar-refractivity contribution in [1.29, 1.82) is 0 Å². The van der Waals surface area contributed by atoms with Gasteiger partial charge in [-0.15, -0.1) is 0 Å². The summed E-state index contributed by atoms with van der Waals surface area (Å²) in [6.07, 6.45) is 13.8. The Morgan fingerprint density at radius 2 is 1.59 bits per heavy atom. The maximum atomic E-state index is 10.6. The van der Waals surface area contributed by atoms with Gasteiger partial charge in [-0.05, 0) is 25.2 Å². The van der Waals surface area contributed by atoms with Crippen LogP contribution in [0.25, 0.3) is 0 Å². The zero-order chi connectivity index (χ0) is 12.1. The van der Waals surface area contributed by atoms with Crippen molar-refractivity contribution in [2.24, 2.45) is 17.1 Å². The van der Waals surface area contributed by atoms with Crippen LogP contribution in [0.4, 0.5) is 0 Å². The van der Waals surface area contributed by atoms with Gasteiger partial charge in [0.25, 0.3) is 0 Å². The van der Waals surface area contributed by atoms with Gasteiger partial charge >= 0.3 is 0 Å². The first kappa shape index (κ1) is 13.4. The lowest BCUT2D eigenvalue weighted by atomic mass is 9.67. The van der Waals surface area contributed by atoms with E-state index in [1.54, 1.807) is 0 Å². The summed E-state index contributed by atoms with van der Waals surface area (Å²) in [7, 11) is 0. The van der Waals surface area contributed by atoms with E-state index in [2.05, 4.69) is 0 Å². The molecule has 2 aliphatic carbocycles. The van der Waals surface area contributed by atoms with Gasteiger partial charge in [-0.2, -0.15) is 0 Å². The summed E-state index contributed by atoms with van der Waals surface area (Å²) in [6.45, 7) is 0.681. The van der Waals surface area contributed by atoms with Crippen LogP contribution in [0.15, 0.2) is 0 Å². The van der Waals surface area contributed by atoms with E-state index < -0.39 is 0 Å². The maximum Gasteiger partial charge on any atom is 0.0611 e. The van der Waals surface area contributed by atoms with Crippen LogP contribution in [-0.2, 0) is 0 Å². The van der Waals surface area contributed by atoms with Crippen molar-refractivity contribution in [1.82, 2.24) is 0 Å². The fourth-order valence-corrected chi connectivity index (χ4v) is 3.92. The molecule has 2 saturated carbocycles. The van der Waals surface area contributed by atoms with E-state index in [0.717, 1.165) is 25.2 Å². The van der Waals surface area contributed by atoms with E-state index in [4.69, 9.17) is 5.73 Å².